The molecule has 4 nitrogen and oxygen atoms in total. The molecule has 23 heavy (non-hydrogen) atoms. The Balaban J connectivity index is 1.88. The highest BCUT2D eigenvalue weighted by molar-refractivity contribution is 8.00. The number of hydrogen-bond acceptors (Lipinski definition) is 3. The van der Waals surface area contributed by atoms with Crippen LogP contribution in [0.1, 0.15) is 32.3 Å². The van der Waals surface area contributed by atoms with Crippen LogP contribution in [0.15, 0.2) is 24.3 Å². The van der Waals surface area contributed by atoms with Gasteiger partial charge in [0, 0.05) is 11.8 Å². The normalized spacial score (nSPS) is 22.3. The lowest BCUT2D eigenvalue weighted by Crippen LogP contribution is -2.55. The highest BCUT2D eigenvalue weighted by atomic mass is 32.2. The Morgan fingerprint density at radius 2 is 2.22 bits per heavy atom. The largest absolute Gasteiger partial charge is 0.352 e. The summed E-state index contributed by atoms with van der Waals surface area (Å²) in [6.45, 7) is 4.02. The first-order valence-electron chi connectivity index (χ1n) is 7.97. The molecule has 1 fully saturated rings. The molecule has 1 aromatic rings. The highest BCUT2D eigenvalue weighted by Crippen LogP contribution is 2.23. The molecule has 0 radical (unpaired) electrons. The highest BCUT2D eigenvalue weighted by Gasteiger charge is 2.33. The van der Waals surface area contributed by atoms with E-state index in [-0.39, 0.29) is 28.9 Å². The summed E-state index contributed by atoms with van der Waals surface area (Å²) in [4.78, 5) is 24.4. The SMILES string of the molecule is CCC[C@H](C)NC(=O)[C@@H]1CS[C@H](Cc2ccccc2F)C(=O)N1. The summed E-state index contributed by atoms with van der Waals surface area (Å²) in [7, 11) is 0. The van der Waals surface area contributed by atoms with Crippen LogP contribution < -0.4 is 10.6 Å². The molecule has 2 N–H and O–H groups in total. The van der Waals surface area contributed by atoms with Crippen molar-refractivity contribution < 1.29 is 14.0 Å². The number of carbonyl (C=O) groups excluding carboxylic acids is 2. The van der Waals surface area contributed by atoms with Crippen LogP contribution >= 0.6 is 11.8 Å². The van der Waals surface area contributed by atoms with E-state index in [1.807, 2.05) is 6.92 Å². The van der Waals surface area contributed by atoms with Gasteiger partial charge in [-0.05, 0) is 31.4 Å². The maximum absolute atomic E-state index is 13.7. The lowest BCUT2D eigenvalue weighted by atomic mass is 10.1. The summed E-state index contributed by atoms with van der Waals surface area (Å²) in [5, 5.41) is 5.32. The van der Waals surface area contributed by atoms with E-state index in [9.17, 15) is 14.0 Å². The average molecular weight is 338 g/mol. The van der Waals surface area contributed by atoms with Crippen LogP contribution in [0.3, 0.4) is 0 Å². The minimum Gasteiger partial charge on any atom is -0.352 e. The number of nitrogens with one attached hydrogen (secondary N) is 2. The fourth-order valence-corrected chi connectivity index (χ4v) is 3.78. The number of benzene rings is 1. The lowest BCUT2D eigenvalue weighted by molar-refractivity contribution is -0.129. The van der Waals surface area contributed by atoms with Crippen molar-refractivity contribution in [2.24, 2.45) is 0 Å². The molecule has 3 atom stereocenters. The number of hydrogen-bond donors (Lipinski definition) is 2. The van der Waals surface area contributed by atoms with Gasteiger partial charge in [-0.2, -0.15) is 0 Å². The van der Waals surface area contributed by atoms with Crippen molar-refractivity contribution in [2.45, 2.75) is 50.4 Å². The quantitative estimate of drug-likeness (QED) is 0.837. The first-order chi connectivity index (χ1) is 11.0. The van der Waals surface area contributed by atoms with Crippen molar-refractivity contribution in [2.75, 3.05) is 5.75 Å². The van der Waals surface area contributed by atoms with Crippen molar-refractivity contribution in [3.63, 3.8) is 0 Å². The molecule has 0 aromatic heterocycles. The number of amides is 2. The topological polar surface area (TPSA) is 58.2 Å². The Bertz CT molecular complexity index is 567. The van der Waals surface area contributed by atoms with Gasteiger partial charge in [0.1, 0.15) is 11.9 Å². The average Bonchev–Trinajstić information content (AvgIpc) is 2.51. The molecule has 2 rings (SSSR count). The molecular formula is C17H23FN2O2S. The van der Waals surface area contributed by atoms with Crippen LogP contribution in [0.2, 0.25) is 0 Å². The van der Waals surface area contributed by atoms with Gasteiger partial charge in [0.25, 0.3) is 0 Å². The Hall–Kier alpha value is -1.56. The molecule has 0 saturated carbocycles. The molecule has 0 bridgehead atoms. The van der Waals surface area contributed by atoms with E-state index < -0.39 is 6.04 Å². The number of rotatable bonds is 6. The van der Waals surface area contributed by atoms with Crippen LogP contribution in [0.25, 0.3) is 0 Å². The number of thioether (sulfide) groups is 1. The Kier molecular flexibility index (Phi) is 6.45. The monoisotopic (exact) mass is 338 g/mol. The first kappa shape index (κ1) is 17.8. The van der Waals surface area contributed by atoms with Gasteiger partial charge < -0.3 is 10.6 Å². The summed E-state index contributed by atoms with van der Waals surface area (Å²) in [6.07, 6.45) is 2.25. The van der Waals surface area contributed by atoms with Gasteiger partial charge in [-0.15, -0.1) is 11.8 Å². The van der Waals surface area contributed by atoms with Crippen molar-refractivity contribution in [3.8, 4) is 0 Å². The molecule has 1 saturated heterocycles. The molecule has 0 aliphatic carbocycles. The van der Waals surface area contributed by atoms with E-state index in [2.05, 4.69) is 17.6 Å². The molecular weight excluding hydrogens is 315 g/mol. The summed E-state index contributed by atoms with van der Waals surface area (Å²) in [5.74, 6) is -0.131. The van der Waals surface area contributed by atoms with Gasteiger partial charge in [-0.3, -0.25) is 9.59 Å². The molecule has 1 aromatic carbocycles. The Labute approximate surface area is 140 Å². The standard InChI is InChI=1S/C17H23FN2O2S/c1-3-6-11(2)19-16(21)14-10-23-15(17(22)20-14)9-12-7-4-5-8-13(12)18/h4-5,7-8,11,14-15H,3,6,9-10H2,1-2H3,(H,19,21)(H,20,22)/t11-,14-,15+/m0/s1. The van der Waals surface area contributed by atoms with E-state index in [1.54, 1.807) is 18.2 Å². The molecule has 1 aliphatic heterocycles. The molecule has 2 amide bonds. The maximum atomic E-state index is 13.7. The Morgan fingerprint density at radius 1 is 1.48 bits per heavy atom. The third-order valence-corrected chi connectivity index (χ3v) is 5.17. The fraction of sp³-hybridized carbons (Fsp3) is 0.529. The minimum absolute atomic E-state index is 0.102. The molecule has 0 spiro atoms. The summed E-state index contributed by atoms with van der Waals surface area (Å²) < 4.78 is 13.7. The molecule has 0 unspecified atom stereocenters. The predicted octanol–water partition coefficient (Wildman–Crippen LogP) is 2.27. The number of halogens is 1. The first-order valence-corrected chi connectivity index (χ1v) is 9.02. The van der Waals surface area contributed by atoms with Crippen LogP contribution in [-0.4, -0.2) is 34.9 Å². The van der Waals surface area contributed by atoms with E-state index >= 15 is 0 Å². The second-order valence-corrected chi connectivity index (χ2v) is 7.11. The third-order valence-electron chi connectivity index (χ3n) is 3.86. The van der Waals surface area contributed by atoms with Gasteiger partial charge in [-0.1, -0.05) is 31.5 Å². The zero-order valence-corrected chi connectivity index (χ0v) is 14.3. The molecule has 126 valence electrons. The lowest BCUT2D eigenvalue weighted by Gasteiger charge is -2.29. The van der Waals surface area contributed by atoms with Crippen LogP contribution in [0.5, 0.6) is 0 Å². The van der Waals surface area contributed by atoms with Gasteiger partial charge in [0.15, 0.2) is 0 Å². The third kappa shape index (κ3) is 4.96. The van der Waals surface area contributed by atoms with E-state index in [0.717, 1.165) is 12.8 Å². The van der Waals surface area contributed by atoms with Crippen molar-refractivity contribution in [1.82, 2.24) is 10.6 Å². The summed E-state index contributed by atoms with van der Waals surface area (Å²) in [5.41, 5.74) is 0.527. The van der Waals surface area contributed by atoms with Crippen molar-refractivity contribution in [1.29, 1.82) is 0 Å². The van der Waals surface area contributed by atoms with E-state index in [1.165, 1.54) is 17.8 Å². The smallest absolute Gasteiger partial charge is 0.243 e. The van der Waals surface area contributed by atoms with Gasteiger partial charge in [0.05, 0.1) is 5.25 Å². The minimum atomic E-state index is -0.510. The van der Waals surface area contributed by atoms with E-state index in [4.69, 9.17) is 0 Å². The van der Waals surface area contributed by atoms with Crippen molar-refractivity contribution in [3.05, 3.63) is 35.6 Å². The van der Waals surface area contributed by atoms with Gasteiger partial charge in [-0.25, -0.2) is 4.39 Å². The van der Waals surface area contributed by atoms with Crippen LogP contribution in [0.4, 0.5) is 4.39 Å². The fourth-order valence-electron chi connectivity index (χ4n) is 2.60. The van der Waals surface area contributed by atoms with Gasteiger partial charge in [0.2, 0.25) is 11.8 Å². The Morgan fingerprint density at radius 3 is 2.87 bits per heavy atom. The predicted molar refractivity (Wildman–Crippen MR) is 90.8 cm³/mol. The second-order valence-electron chi connectivity index (χ2n) is 5.88. The zero-order valence-electron chi connectivity index (χ0n) is 13.5. The summed E-state index contributed by atoms with van der Waals surface area (Å²) >= 11 is 1.41. The molecule has 1 aliphatic rings. The molecule has 6 heteroatoms. The second kappa shape index (κ2) is 8.34. The van der Waals surface area contributed by atoms with Crippen molar-refractivity contribution >= 4 is 23.6 Å². The van der Waals surface area contributed by atoms with E-state index in [0.29, 0.717) is 17.7 Å². The van der Waals surface area contributed by atoms with Crippen LogP contribution in [0, 0.1) is 5.82 Å². The zero-order chi connectivity index (χ0) is 16.8. The van der Waals surface area contributed by atoms with Crippen LogP contribution in [-0.2, 0) is 16.0 Å². The maximum Gasteiger partial charge on any atom is 0.243 e. The number of carbonyl (C=O) groups is 2. The molecule has 1 heterocycles. The van der Waals surface area contributed by atoms with Gasteiger partial charge >= 0.3 is 0 Å². The summed E-state index contributed by atoms with van der Waals surface area (Å²) in [6, 6.07) is 6.06.